The van der Waals surface area contributed by atoms with Gasteiger partial charge < -0.3 is 15.3 Å². The molecule has 1 saturated heterocycles. The lowest BCUT2D eigenvalue weighted by Crippen LogP contribution is -2.30. The first-order valence-electron chi connectivity index (χ1n) is 7.45. The molecule has 0 spiro atoms. The number of hydrogen-bond donors (Lipinski definition) is 2. The highest BCUT2D eigenvalue weighted by Crippen LogP contribution is 2.27. The van der Waals surface area contributed by atoms with Crippen molar-refractivity contribution in [3.63, 3.8) is 0 Å². The lowest BCUT2D eigenvalue weighted by Gasteiger charge is -2.20. The van der Waals surface area contributed by atoms with Crippen LogP contribution >= 0.6 is 0 Å². The number of nitrogens with zero attached hydrogens (tertiary/aromatic N) is 1. The molecule has 0 aliphatic carbocycles. The SMILES string of the molecule is CC1CN(C(=O)c2ccc3c(c2)CCCN3)CC1C(=O)O. The zero-order valence-electron chi connectivity index (χ0n) is 12.1. The van der Waals surface area contributed by atoms with Crippen LogP contribution in [0.5, 0.6) is 0 Å². The second-order valence-electron chi connectivity index (χ2n) is 6.03. The third kappa shape index (κ3) is 2.60. The topological polar surface area (TPSA) is 69.6 Å². The van der Waals surface area contributed by atoms with Crippen molar-refractivity contribution in [3.05, 3.63) is 29.3 Å². The number of anilines is 1. The van der Waals surface area contributed by atoms with Gasteiger partial charge in [-0.1, -0.05) is 6.92 Å². The van der Waals surface area contributed by atoms with Crippen molar-refractivity contribution in [2.45, 2.75) is 19.8 Å². The zero-order chi connectivity index (χ0) is 15.0. The maximum atomic E-state index is 12.6. The van der Waals surface area contributed by atoms with E-state index in [2.05, 4.69) is 5.32 Å². The molecule has 2 unspecified atom stereocenters. The van der Waals surface area contributed by atoms with Gasteiger partial charge in [0.15, 0.2) is 0 Å². The molecule has 3 rings (SSSR count). The molecule has 2 aliphatic rings. The number of carboxylic acid groups (broad SMARTS) is 1. The first kappa shape index (κ1) is 13.9. The number of fused-ring (bicyclic) bond motifs is 1. The van der Waals surface area contributed by atoms with Crippen LogP contribution in [-0.2, 0) is 11.2 Å². The second-order valence-corrected chi connectivity index (χ2v) is 6.03. The number of rotatable bonds is 2. The van der Waals surface area contributed by atoms with Crippen molar-refractivity contribution in [3.8, 4) is 0 Å². The smallest absolute Gasteiger partial charge is 0.308 e. The van der Waals surface area contributed by atoms with Gasteiger partial charge in [-0.2, -0.15) is 0 Å². The Hall–Kier alpha value is -2.04. The fourth-order valence-electron chi connectivity index (χ4n) is 3.24. The molecule has 2 atom stereocenters. The minimum absolute atomic E-state index is 0.00532. The number of hydrogen-bond acceptors (Lipinski definition) is 3. The average molecular weight is 288 g/mol. The lowest BCUT2D eigenvalue weighted by atomic mass is 9.99. The van der Waals surface area contributed by atoms with E-state index in [0.29, 0.717) is 18.7 Å². The Morgan fingerprint density at radius 1 is 1.33 bits per heavy atom. The van der Waals surface area contributed by atoms with Crippen molar-refractivity contribution in [2.75, 3.05) is 25.0 Å². The summed E-state index contributed by atoms with van der Waals surface area (Å²) in [6.07, 6.45) is 2.06. The molecule has 5 heteroatoms. The minimum Gasteiger partial charge on any atom is -0.481 e. The highest BCUT2D eigenvalue weighted by atomic mass is 16.4. The van der Waals surface area contributed by atoms with E-state index in [4.69, 9.17) is 5.11 Å². The van der Waals surface area contributed by atoms with Gasteiger partial charge in [-0.25, -0.2) is 0 Å². The van der Waals surface area contributed by atoms with E-state index in [1.165, 1.54) is 5.56 Å². The highest BCUT2D eigenvalue weighted by Gasteiger charge is 2.37. The molecule has 1 aromatic rings. The Kier molecular flexibility index (Phi) is 3.57. The molecule has 0 bridgehead atoms. The van der Waals surface area contributed by atoms with Crippen molar-refractivity contribution >= 4 is 17.6 Å². The normalized spacial score (nSPS) is 24.3. The van der Waals surface area contributed by atoms with Crippen LogP contribution in [0.25, 0.3) is 0 Å². The highest BCUT2D eigenvalue weighted by molar-refractivity contribution is 5.95. The van der Waals surface area contributed by atoms with Crippen LogP contribution in [0.1, 0.15) is 29.3 Å². The second kappa shape index (κ2) is 5.39. The summed E-state index contributed by atoms with van der Waals surface area (Å²) in [4.78, 5) is 25.4. The molecule has 1 fully saturated rings. The quantitative estimate of drug-likeness (QED) is 0.871. The largest absolute Gasteiger partial charge is 0.481 e. The van der Waals surface area contributed by atoms with Crippen LogP contribution in [0.2, 0.25) is 0 Å². The fourth-order valence-corrected chi connectivity index (χ4v) is 3.24. The van der Waals surface area contributed by atoms with E-state index in [0.717, 1.165) is 25.1 Å². The van der Waals surface area contributed by atoms with Crippen molar-refractivity contribution in [1.82, 2.24) is 4.90 Å². The Labute approximate surface area is 123 Å². The fraction of sp³-hybridized carbons (Fsp3) is 0.500. The molecule has 2 aliphatic heterocycles. The maximum absolute atomic E-state index is 12.6. The third-order valence-electron chi connectivity index (χ3n) is 4.51. The predicted octanol–water partition coefficient (Wildman–Crippen LogP) is 1.84. The minimum atomic E-state index is -0.813. The van der Waals surface area contributed by atoms with Crippen LogP contribution in [0.15, 0.2) is 18.2 Å². The van der Waals surface area contributed by atoms with E-state index < -0.39 is 11.9 Å². The number of carbonyl (C=O) groups is 2. The Morgan fingerprint density at radius 3 is 2.86 bits per heavy atom. The van der Waals surface area contributed by atoms with Gasteiger partial charge in [0, 0.05) is 30.9 Å². The predicted molar refractivity (Wildman–Crippen MR) is 79.4 cm³/mol. The summed E-state index contributed by atoms with van der Waals surface area (Å²) < 4.78 is 0. The lowest BCUT2D eigenvalue weighted by molar-refractivity contribution is -0.142. The van der Waals surface area contributed by atoms with E-state index in [9.17, 15) is 9.59 Å². The monoisotopic (exact) mass is 288 g/mol. The van der Waals surface area contributed by atoms with E-state index in [1.54, 1.807) is 4.90 Å². The van der Waals surface area contributed by atoms with Gasteiger partial charge in [-0.05, 0) is 42.5 Å². The Morgan fingerprint density at radius 2 is 2.14 bits per heavy atom. The molecule has 5 nitrogen and oxygen atoms in total. The average Bonchev–Trinajstić information content (AvgIpc) is 2.88. The maximum Gasteiger partial charge on any atom is 0.308 e. The molecule has 112 valence electrons. The summed E-state index contributed by atoms with van der Waals surface area (Å²) in [6.45, 7) is 3.70. The number of benzene rings is 1. The number of aliphatic carboxylic acids is 1. The van der Waals surface area contributed by atoms with Gasteiger partial charge in [0.1, 0.15) is 0 Å². The van der Waals surface area contributed by atoms with Gasteiger partial charge in [-0.15, -0.1) is 0 Å². The van der Waals surface area contributed by atoms with E-state index in [1.807, 2.05) is 25.1 Å². The van der Waals surface area contributed by atoms with Gasteiger partial charge >= 0.3 is 5.97 Å². The summed E-state index contributed by atoms with van der Waals surface area (Å²) in [5.41, 5.74) is 2.95. The standard InChI is InChI=1S/C16H20N2O3/c1-10-8-18(9-13(10)16(20)21)15(19)12-4-5-14-11(7-12)3-2-6-17-14/h4-5,7,10,13,17H,2-3,6,8-9H2,1H3,(H,20,21). The summed E-state index contributed by atoms with van der Waals surface area (Å²) in [5, 5.41) is 12.5. The number of nitrogens with one attached hydrogen (secondary N) is 1. The molecule has 2 N–H and O–H groups in total. The number of carbonyl (C=O) groups excluding carboxylic acids is 1. The van der Waals surface area contributed by atoms with E-state index in [-0.39, 0.29) is 11.8 Å². The van der Waals surface area contributed by atoms with Crippen LogP contribution < -0.4 is 5.32 Å². The molecule has 0 aromatic heterocycles. The summed E-state index contributed by atoms with van der Waals surface area (Å²) in [7, 11) is 0. The van der Waals surface area contributed by atoms with Gasteiger partial charge in [0.25, 0.3) is 5.91 Å². The van der Waals surface area contributed by atoms with Gasteiger partial charge in [0.2, 0.25) is 0 Å². The van der Waals surface area contributed by atoms with E-state index >= 15 is 0 Å². The van der Waals surface area contributed by atoms with Crippen LogP contribution in [0, 0.1) is 11.8 Å². The van der Waals surface area contributed by atoms with Crippen LogP contribution in [0.3, 0.4) is 0 Å². The number of aryl methyl sites for hydroxylation is 1. The van der Waals surface area contributed by atoms with Crippen molar-refractivity contribution < 1.29 is 14.7 Å². The number of carboxylic acids is 1. The molecule has 0 radical (unpaired) electrons. The molecule has 1 aromatic carbocycles. The van der Waals surface area contributed by atoms with Crippen molar-refractivity contribution in [1.29, 1.82) is 0 Å². The molecule has 1 amide bonds. The van der Waals surface area contributed by atoms with Gasteiger partial charge in [-0.3, -0.25) is 9.59 Å². The van der Waals surface area contributed by atoms with Crippen molar-refractivity contribution in [2.24, 2.45) is 11.8 Å². The molecule has 21 heavy (non-hydrogen) atoms. The van der Waals surface area contributed by atoms with Gasteiger partial charge in [0.05, 0.1) is 5.92 Å². The molecular weight excluding hydrogens is 268 g/mol. The Balaban J connectivity index is 1.78. The third-order valence-corrected chi connectivity index (χ3v) is 4.51. The first-order chi connectivity index (χ1) is 10.1. The molecule has 2 heterocycles. The number of likely N-dealkylation sites (tertiary alicyclic amines) is 1. The summed E-state index contributed by atoms with van der Waals surface area (Å²) in [5.74, 6) is -1.31. The molecular formula is C16H20N2O3. The van der Waals surface area contributed by atoms with Crippen LogP contribution in [-0.4, -0.2) is 41.5 Å². The Bertz CT molecular complexity index is 585. The zero-order valence-corrected chi connectivity index (χ0v) is 12.1. The summed E-state index contributed by atoms with van der Waals surface area (Å²) in [6, 6.07) is 5.73. The summed E-state index contributed by atoms with van der Waals surface area (Å²) >= 11 is 0. The molecule has 0 saturated carbocycles. The first-order valence-corrected chi connectivity index (χ1v) is 7.45. The van der Waals surface area contributed by atoms with Crippen LogP contribution in [0.4, 0.5) is 5.69 Å². The number of amides is 1.